The first-order valence-corrected chi connectivity index (χ1v) is 10.2. The molecule has 1 aliphatic rings. The summed E-state index contributed by atoms with van der Waals surface area (Å²) < 4.78 is 73.8. The maximum Gasteiger partial charge on any atom is 0.393 e. The third-order valence-corrected chi connectivity index (χ3v) is 5.56. The molecule has 1 N–H and O–H groups in total. The first-order chi connectivity index (χ1) is 15.5. The molecule has 11 heteroatoms. The summed E-state index contributed by atoms with van der Waals surface area (Å²) in [7, 11) is 0. The Hall–Kier alpha value is -3.21. The summed E-state index contributed by atoms with van der Waals surface area (Å²) in [6.07, 6.45) is -2.79. The number of nitrogens with zero attached hydrogens (tertiary/aromatic N) is 3. The SMILES string of the molecule is Cc1cc(OCc2c(F)cccc2F)c2nc(C)c(C(=O)NN3CCC(C(F)(F)F)C3)n2c1. The molecule has 1 amide bonds. The number of rotatable bonds is 5. The fraction of sp³-hybridized carbons (Fsp3) is 0.364. The Morgan fingerprint density at radius 1 is 1.24 bits per heavy atom. The van der Waals surface area contributed by atoms with Gasteiger partial charge in [-0.15, -0.1) is 0 Å². The van der Waals surface area contributed by atoms with Crippen molar-refractivity contribution in [3.05, 3.63) is 64.6 Å². The Labute approximate surface area is 185 Å². The molecule has 1 aromatic carbocycles. The predicted molar refractivity (Wildman–Crippen MR) is 109 cm³/mol. The lowest BCUT2D eigenvalue weighted by molar-refractivity contribution is -0.171. The zero-order valence-electron chi connectivity index (χ0n) is 17.8. The van der Waals surface area contributed by atoms with Gasteiger partial charge < -0.3 is 4.74 Å². The molecule has 176 valence electrons. The van der Waals surface area contributed by atoms with E-state index in [1.807, 2.05) is 0 Å². The Kier molecular flexibility index (Phi) is 6.00. The number of hydrazine groups is 1. The highest BCUT2D eigenvalue weighted by atomic mass is 19.4. The molecule has 1 aliphatic heterocycles. The lowest BCUT2D eigenvalue weighted by atomic mass is 10.1. The van der Waals surface area contributed by atoms with Crippen LogP contribution < -0.4 is 10.2 Å². The molecule has 3 heterocycles. The van der Waals surface area contributed by atoms with Crippen LogP contribution in [0.1, 0.15) is 33.7 Å². The van der Waals surface area contributed by atoms with Crippen LogP contribution in [0.3, 0.4) is 0 Å². The summed E-state index contributed by atoms with van der Waals surface area (Å²) in [6.45, 7) is 2.68. The Morgan fingerprint density at radius 3 is 2.58 bits per heavy atom. The van der Waals surface area contributed by atoms with Crippen LogP contribution in [0.4, 0.5) is 22.0 Å². The standard InChI is InChI=1S/C22H21F5N4O2/c1-12-8-18(33-11-15-16(23)4-3-5-17(15)24)20-28-13(2)19(31(20)9-12)21(32)29-30-7-6-14(10-30)22(25,26)27/h3-5,8-9,14H,6-7,10-11H2,1-2H3,(H,29,32). The van der Waals surface area contributed by atoms with Crippen molar-refractivity contribution in [2.45, 2.75) is 33.1 Å². The summed E-state index contributed by atoms with van der Waals surface area (Å²) in [5.41, 5.74) is 3.66. The number of hydrogen-bond acceptors (Lipinski definition) is 4. The van der Waals surface area contributed by atoms with Gasteiger partial charge in [0.2, 0.25) is 0 Å². The Balaban J connectivity index is 1.59. The van der Waals surface area contributed by atoms with Crippen molar-refractivity contribution < 1.29 is 31.5 Å². The average molecular weight is 468 g/mol. The third-order valence-electron chi connectivity index (χ3n) is 5.56. The van der Waals surface area contributed by atoms with Crippen LogP contribution >= 0.6 is 0 Å². The zero-order chi connectivity index (χ0) is 23.9. The molecule has 6 nitrogen and oxygen atoms in total. The molecule has 1 atom stereocenters. The van der Waals surface area contributed by atoms with Crippen molar-refractivity contribution >= 4 is 11.6 Å². The maximum atomic E-state index is 13.9. The van der Waals surface area contributed by atoms with Crippen LogP contribution in [0.5, 0.6) is 5.75 Å². The van der Waals surface area contributed by atoms with Gasteiger partial charge in [-0.1, -0.05) is 6.07 Å². The second-order valence-electron chi connectivity index (χ2n) is 8.02. The van der Waals surface area contributed by atoms with E-state index in [0.29, 0.717) is 11.3 Å². The number of aryl methyl sites for hydroxylation is 2. The van der Waals surface area contributed by atoms with E-state index in [1.165, 1.54) is 15.5 Å². The number of amides is 1. The number of nitrogens with one attached hydrogen (secondary N) is 1. The van der Waals surface area contributed by atoms with Crippen LogP contribution in [0, 0.1) is 31.4 Å². The van der Waals surface area contributed by atoms with Crippen molar-refractivity contribution in [1.82, 2.24) is 19.8 Å². The van der Waals surface area contributed by atoms with Crippen LogP contribution in [0.15, 0.2) is 30.5 Å². The van der Waals surface area contributed by atoms with Gasteiger partial charge in [0.05, 0.1) is 17.2 Å². The van der Waals surface area contributed by atoms with Crippen molar-refractivity contribution in [1.29, 1.82) is 0 Å². The molecule has 0 spiro atoms. The number of halogens is 5. The normalized spacial score (nSPS) is 17.0. The summed E-state index contributed by atoms with van der Waals surface area (Å²) in [4.78, 5) is 17.3. The van der Waals surface area contributed by atoms with E-state index in [4.69, 9.17) is 4.74 Å². The number of alkyl halides is 3. The largest absolute Gasteiger partial charge is 0.485 e. The van der Waals surface area contributed by atoms with Gasteiger partial charge in [-0.2, -0.15) is 13.2 Å². The predicted octanol–water partition coefficient (Wildman–Crippen LogP) is 4.34. The topological polar surface area (TPSA) is 58.9 Å². The summed E-state index contributed by atoms with van der Waals surface area (Å²) in [5, 5.41) is 1.24. The number of carbonyl (C=O) groups is 1. The van der Waals surface area contributed by atoms with E-state index in [1.54, 1.807) is 26.1 Å². The molecular weight excluding hydrogens is 447 g/mol. The van der Waals surface area contributed by atoms with Crippen LogP contribution in [0.2, 0.25) is 0 Å². The number of fused-ring (bicyclic) bond motifs is 1. The van der Waals surface area contributed by atoms with E-state index in [0.717, 1.165) is 12.1 Å². The summed E-state index contributed by atoms with van der Waals surface area (Å²) in [6, 6.07) is 5.12. The molecule has 0 bridgehead atoms. The molecule has 2 aromatic heterocycles. The van der Waals surface area contributed by atoms with Gasteiger partial charge in [-0.05, 0) is 44.0 Å². The van der Waals surface area contributed by atoms with Gasteiger partial charge >= 0.3 is 6.18 Å². The maximum absolute atomic E-state index is 13.9. The minimum atomic E-state index is -4.32. The molecule has 0 aliphatic carbocycles. The lowest BCUT2D eigenvalue weighted by Gasteiger charge is -2.18. The van der Waals surface area contributed by atoms with Gasteiger partial charge in [-0.25, -0.2) is 18.8 Å². The van der Waals surface area contributed by atoms with Gasteiger partial charge in [0.1, 0.15) is 23.9 Å². The van der Waals surface area contributed by atoms with Crippen molar-refractivity contribution in [2.24, 2.45) is 5.92 Å². The zero-order valence-corrected chi connectivity index (χ0v) is 17.8. The molecule has 3 aromatic rings. The fourth-order valence-corrected chi connectivity index (χ4v) is 3.88. The Morgan fingerprint density at radius 2 is 1.94 bits per heavy atom. The minimum absolute atomic E-state index is 0.0767. The molecule has 0 radical (unpaired) electrons. The first-order valence-electron chi connectivity index (χ1n) is 10.2. The number of imidazole rings is 1. The van der Waals surface area contributed by atoms with E-state index in [-0.39, 0.29) is 42.2 Å². The molecule has 1 saturated heterocycles. The van der Waals surface area contributed by atoms with Crippen molar-refractivity contribution in [2.75, 3.05) is 13.1 Å². The van der Waals surface area contributed by atoms with E-state index < -0.39 is 36.2 Å². The van der Waals surface area contributed by atoms with E-state index in [9.17, 15) is 26.7 Å². The van der Waals surface area contributed by atoms with E-state index in [2.05, 4.69) is 10.4 Å². The fourth-order valence-electron chi connectivity index (χ4n) is 3.88. The van der Waals surface area contributed by atoms with Crippen LogP contribution in [-0.2, 0) is 6.61 Å². The second kappa shape index (κ2) is 8.62. The number of benzene rings is 1. The quantitative estimate of drug-likeness (QED) is 0.567. The van der Waals surface area contributed by atoms with Crippen LogP contribution in [0.25, 0.3) is 5.65 Å². The number of carbonyl (C=O) groups excluding carboxylic acids is 1. The molecule has 1 fully saturated rings. The van der Waals surface area contributed by atoms with Crippen molar-refractivity contribution in [3.63, 3.8) is 0 Å². The second-order valence-corrected chi connectivity index (χ2v) is 8.02. The van der Waals surface area contributed by atoms with Gasteiger partial charge in [-0.3, -0.25) is 14.6 Å². The Bertz CT molecular complexity index is 1190. The molecular formula is C22H21F5N4O2. The summed E-state index contributed by atoms with van der Waals surface area (Å²) >= 11 is 0. The third kappa shape index (κ3) is 4.63. The molecule has 0 saturated carbocycles. The number of ether oxygens (including phenoxy) is 1. The van der Waals surface area contributed by atoms with Gasteiger partial charge in [0.25, 0.3) is 5.91 Å². The minimum Gasteiger partial charge on any atom is -0.485 e. The van der Waals surface area contributed by atoms with Gasteiger partial charge in [0, 0.05) is 19.3 Å². The van der Waals surface area contributed by atoms with Crippen LogP contribution in [-0.4, -0.2) is 39.6 Å². The van der Waals surface area contributed by atoms with Crippen molar-refractivity contribution in [3.8, 4) is 5.75 Å². The lowest BCUT2D eigenvalue weighted by Crippen LogP contribution is -2.42. The van der Waals surface area contributed by atoms with Gasteiger partial charge in [0.15, 0.2) is 11.4 Å². The smallest absolute Gasteiger partial charge is 0.393 e. The summed E-state index contributed by atoms with van der Waals surface area (Å²) in [5.74, 6) is -3.40. The first kappa shape index (κ1) is 23.0. The highest BCUT2D eigenvalue weighted by molar-refractivity contribution is 5.94. The number of hydrogen-bond donors (Lipinski definition) is 1. The number of aromatic nitrogens is 2. The number of pyridine rings is 1. The molecule has 33 heavy (non-hydrogen) atoms. The van der Waals surface area contributed by atoms with E-state index >= 15 is 0 Å². The highest BCUT2D eigenvalue weighted by Crippen LogP contribution is 2.33. The highest BCUT2D eigenvalue weighted by Gasteiger charge is 2.44. The molecule has 1 unspecified atom stereocenters. The average Bonchev–Trinajstić information content (AvgIpc) is 3.31. The molecule has 4 rings (SSSR count). The monoisotopic (exact) mass is 468 g/mol.